The monoisotopic (exact) mass is 400 g/mol. The Morgan fingerprint density at radius 2 is 1.93 bits per heavy atom. The summed E-state index contributed by atoms with van der Waals surface area (Å²) in [4.78, 5) is 11.1. The molecular formula is C20H20N2O5S. The Morgan fingerprint density at radius 1 is 1.14 bits per heavy atom. The fourth-order valence-electron chi connectivity index (χ4n) is 2.46. The van der Waals surface area contributed by atoms with Crippen molar-refractivity contribution < 1.29 is 23.8 Å². The number of ether oxygens (including phenoxy) is 2. The van der Waals surface area contributed by atoms with E-state index in [0.29, 0.717) is 29.9 Å². The van der Waals surface area contributed by atoms with Gasteiger partial charge in [-0.25, -0.2) is 4.79 Å². The zero-order valence-corrected chi connectivity index (χ0v) is 16.1. The molecule has 1 heterocycles. The number of carboxylic acid groups (broad SMARTS) is 1. The Morgan fingerprint density at radius 3 is 2.68 bits per heavy atom. The van der Waals surface area contributed by atoms with Crippen LogP contribution in [0.2, 0.25) is 0 Å². The van der Waals surface area contributed by atoms with E-state index in [1.165, 1.54) is 17.8 Å². The smallest absolute Gasteiger partial charge is 0.339 e. The zero-order valence-electron chi connectivity index (χ0n) is 15.3. The molecule has 8 heteroatoms. The Kier molecular flexibility index (Phi) is 6.91. The summed E-state index contributed by atoms with van der Waals surface area (Å²) in [5, 5.41) is 17.8. The number of rotatable bonds is 10. The first-order valence-corrected chi connectivity index (χ1v) is 9.67. The van der Waals surface area contributed by atoms with Gasteiger partial charge in [0.05, 0.1) is 20.1 Å². The molecule has 2 aromatic carbocycles. The highest BCUT2D eigenvalue weighted by atomic mass is 32.2. The number of carbonyl (C=O) groups is 1. The van der Waals surface area contributed by atoms with Crippen molar-refractivity contribution in [2.24, 2.45) is 0 Å². The largest absolute Gasteiger partial charge is 0.497 e. The molecule has 0 saturated carbocycles. The summed E-state index contributed by atoms with van der Waals surface area (Å²) in [6.07, 6.45) is 1.28. The molecule has 0 atom stereocenters. The summed E-state index contributed by atoms with van der Waals surface area (Å²) in [7, 11) is 1.63. The molecule has 0 fully saturated rings. The van der Waals surface area contributed by atoms with Gasteiger partial charge in [-0.2, -0.15) is 0 Å². The van der Waals surface area contributed by atoms with E-state index in [9.17, 15) is 4.79 Å². The van der Waals surface area contributed by atoms with Crippen molar-refractivity contribution in [3.8, 4) is 11.5 Å². The lowest BCUT2D eigenvalue weighted by atomic mass is 10.1. The van der Waals surface area contributed by atoms with Crippen LogP contribution in [0, 0.1) is 0 Å². The van der Waals surface area contributed by atoms with Crippen LogP contribution in [0.5, 0.6) is 11.5 Å². The van der Waals surface area contributed by atoms with Gasteiger partial charge in [0.15, 0.2) is 0 Å². The maximum absolute atomic E-state index is 11.1. The predicted molar refractivity (Wildman–Crippen MR) is 104 cm³/mol. The van der Waals surface area contributed by atoms with Crippen LogP contribution in [-0.2, 0) is 6.42 Å². The van der Waals surface area contributed by atoms with E-state index in [2.05, 4.69) is 10.2 Å². The van der Waals surface area contributed by atoms with Crippen LogP contribution >= 0.6 is 11.8 Å². The molecular weight excluding hydrogens is 380 g/mol. The van der Waals surface area contributed by atoms with Crippen LogP contribution in [0.4, 0.5) is 0 Å². The molecule has 28 heavy (non-hydrogen) atoms. The fourth-order valence-corrected chi connectivity index (χ4v) is 3.15. The first-order chi connectivity index (χ1) is 13.7. The number of thioether (sulfide) groups is 1. The number of hydrogen-bond donors (Lipinski definition) is 1. The normalized spacial score (nSPS) is 10.6. The van der Waals surface area contributed by atoms with Crippen LogP contribution in [0.15, 0.2) is 58.2 Å². The van der Waals surface area contributed by atoms with Crippen molar-refractivity contribution in [1.29, 1.82) is 0 Å². The molecule has 0 unspecified atom stereocenters. The number of methoxy groups -OCH3 is 1. The second kappa shape index (κ2) is 9.80. The van der Waals surface area contributed by atoms with Crippen LogP contribution in [0.1, 0.15) is 28.2 Å². The van der Waals surface area contributed by atoms with Gasteiger partial charge >= 0.3 is 5.97 Å². The fraction of sp³-hybridized carbons (Fsp3) is 0.250. The van der Waals surface area contributed by atoms with E-state index in [4.69, 9.17) is 19.0 Å². The molecule has 3 rings (SSSR count). The summed E-state index contributed by atoms with van der Waals surface area (Å²) in [6, 6.07) is 14.3. The van der Waals surface area contributed by atoms with Gasteiger partial charge in [0.1, 0.15) is 17.1 Å². The molecule has 0 aliphatic carbocycles. The summed E-state index contributed by atoms with van der Waals surface area (Å²) < 4.78 is 16.4. The van der Waals surface area contributed by atoms with Crippen molar-refractivity contribution >= 4 is 17.7 Å². The molecule has 7 nitrogen and oxygen atoms in total. The minimum absolute atomic E-state index is 0.162. The van der Waals surface area contributed by atoms with Crippen LogP contribution in [0.25, 0.3) is 0 Å². The van der Waals surface area contributed by atoms with E-state index >= 15 is 0 Å². The Labute approximate surface area is 166 Å². The molecule has 0 aliphatic heterocycles. The molecule has 1 aromatic heterocycles. The van der Waals surface area contributed by atoms with Crippen molar-refractivity contribution in [1.82, 2.24) is 10.2 Å². The molecule has 0 radical (unpaired) electrons. The van der Waals surface area contributed by atoms with Gasteiger partial charge < -0.3 is 19.0 Å². The van der Waals surface area contributed by atoms with Gasteiger partial charge in [0.2, 0.25) is 5.89 Å². The highest BCUT2D eigenvalue weighted by Gasteiger charge is 2.10. The molecule has 0 aliphatic rings. The topological polar surface area (TPSA) is 94.7 Å². The number of benzene rings is 2. The van der Waals surface area contributed by atoms with E-state index < -0.39 is 5.97 Å². The molecule has 3 aromatic rings. The van der Waals surface area contributed by atoms with Crippen molar-refractivity contribution in [3.05, 3.63) is 65.5 Å². The first-order valence-electron chi connectivity index (χ1n) is 8.69. The van der Waals surface area contributed by atoms with E-state index in [1.54, 1.807) is 25.3 Å². The van der Waals surface area contributed by atoms with Crippen molar-refractivity contribution in [2.45, 2.75) is 18.1 Å². The Balaban J connectivity index is 1.42. The summed E-state index contributed by atoms with van der Waals surface area (Å²) in [6.45, 7) is 0.407. The average Bonchev–Trinajstić information content (AvgIpc) is 3.15. The third-order valence-electron chi connectivity index (χ3n) is 3.85. The Hall–Kier alpha value is -3.00. The molecule has 146 valence electrons. The minimum Gasteiger partial charge on any atom is -0.497 e. The molecule has 1 N–H and O–H groups in total. The van der Waals surface area contributed by atoms with Gasteiger partial charge in [-0.05, 0) is 36.2 Å². The standard InChI is InChI=1S/C20H20N2O5S/c1-25-15-9-7-14(8-10-15)13-18-21-22-20(27-18)28-12-4-11-26-17-6-3-2-5-16(17)19(23)24/h2-3,5-10H,4,11-13H2,1H3,(H,23,24). The number of aromatic carboxylic acids is 1. The van der Waals surface area contributed by atoms with E-state index in [0.717, 1.165) is 23.5 Å². The lowest BCUT2D eigenvalue weighted by molar-refractivity contribution is 0.0692. The van der Waals surface area contributed by atoms with Gasteiger partial charge in [0.25, 0.3) is 5.22 Å². The average molecular weight is 400 g/mol. The number of hydrogen-bond acceptors (Lipinski definition) is 7. The molecule has 0 saturated heterocycles. The third-order valence-corrected chi connectivity index (χ3v) is 4.76. The predicted octanol–water partition coefficient (Wildman–Crippen LogP) is 3.93. The van der Waals surface area contributed by atoms with Crippen molar-refractivity contribution in [3.63, 3.8) is 0 Å². The Bertz CT molecular complexity index is 911. The summed E-state index contributed by atoms with van der Waals surface area (Å²) in [5.74, 6) is 1.46. The number of aromatic nitrogens is 2. The van der Waals surface area contributed by atoms with Crippen LogP contribution in [0.3, 0.4) is 0 Å². The van der Waals surface area contributed by atoms with Gasteiger partial charge in [-0.15, -0.1) is 10.2 Å². The third kappa shape index (κ3) is 5.50. The van der Waals surface area contributed by atoms with Gasteiger partial charge in [-0.1, -0.05) is 36.0 Å². The second-order valence-electron chi connectivity index (χ2n) is 5.84. The lowest BCUT2D eigenvalue weighted by Gasteiger charge is -2.08. The van der Waals surface area contributed by atoms with Crippen LogP contribution in [-0.4, -0.2) is 40.7 Å². The molecule has 0 spiro atoms. The number of para-hydroxylation sites is 1. The second-order valence-corrected chi connectivity index (χ2v) is 6.88. The zero-order chi connectivity index (χ0) is 19.8. The SMILES string of the molecule is COc1ccc(Cc2nnc(SCCCOc3ccccc3C(=O)O)o2)cc1. The highest BCUT2D eigenvalue weighted by molar-refractivity contribution is 7.99. The molecule has 0 amide bonds. The first kappa shape index (κ1) is 19.8. The number of nitrogens with zero attached hydrogens (tertiary/aromatic N) is 2. The van der Waals surface area contributed by atoms with Gasteiger partial charge in [0, 0.05) is 5.75 Å². The summed E-state index contributed by atoms with van der Waals surface area (Å²) in [5.41, 5.74) is 1.22. The highest BCUT2D eigenvalue weighted by Crippen LogP contribution is 2.21. The van der Waals surface area contributed by atoms with E-state index in [1.807, 2.05) is 24.3 Å². The quantitative estimate of drug-likeness (QED) is 0.404. The summed E-state index contributed by atoms with van der Waals surface area (Å²) >= 11 is 1.45. The molecule has 0 bridgehead atoms. The van der Waals surface area contributed by atoms with E-state index in [-0.39, 0.29) is 5.56 Å². The number of carboxylic acids is 1. The van der Waals surface area contributed by atoms with Gasteiger partial charge in [-0.3, -0.25) is 0 Å². The van der Waals surface area contributed by atoms with Crippen molar-refractivity contribution in [2.75, 3.05) is 19.5 Å². The lowest BCUT2D eigenvalue weighted by Crippen LogP contribution is -2.04. The van der Waals surface area contributed by atoms with Crippen LogP contribution < -0.4 is 9.47 Å². The maximum atomic E-state index is 11.1. The maximum Gasteiger partial charge on any atom is 0.339 e. The minimum atomic E-state index is -1.000.